The first kappa shape index (κ1) is 15.2. The topological polar surface area (TPSA) is 49.3 Å². The molecule has 0 aromatic carbocycles. The largest absolute Gasteiger partial charge is 0.374 e. The fraction of sp³-hybridized carbons (Fsp3) is 0.769. The van der Waals surface area contributed by atoms with Crippen LogP contribution in [0.15, 0.2) is 12.7 Å². The first-order valence-electron chi connectivity index (χ1n) is 6.25. The van der Waals surface area contributed by atoms with Crippen LogP contribution in [0.5, 0.6) is 0 Å². The van der Waals surface area contributed by atoms with Crippen molar-refractivity contribution in [3.63, 3.8) is 0 Å². The molecule has 3 heteroatoms. The number of allylic oxidation sites excluding steroid dienone is 1. The van der Waals surface area contributed by atoms with Crippen molar-refractivity contribution < 1.29 is 9.90 Å². The van der Waals surface area contributed by atoms with E-state index < -0.39 is 6.23 Å². The number of unbranched alkanes of at least 4 members (excludes halogenated alkanes) is 6. The van der Waals surface area contributed by atoms with E-state index in [1.807, 2.05) is 6.08 Å². The van der Waals surface area contributed by atoms with Crippen LogP contribution in [0.25, 0.3) is 0 Å². The zero-order chi connectivity index (χ0) is 12.2. The second kappa shape index (κ2) is 10.7. The zero-order valence-corrected chi connectivity index (χ0v) is 10.4. The quantitative estimate of drug-likeness (QED) is 0.342. The summed E-state index contributed by atoms with van der Waals surface area (Å²) in [7, 11) is 0. The summed E-state index contributed by atoms with van der Waals surface area (Å²) in [5.74, 6) is -0.0540. The first-order valence-corrected chi connectivity index (χ1v) is 6.25. The molecule has 0 bridgehead atoms. The molecule has 0 aliphatic carbocycles. The normalized spacial score (nSPS) is 12.1. The van der Waals surface area contributed by atoms with Crippen LogP contribution in [-0.4, -0.2) is 17.2 Å². The Labute approximate surface area is 98.9 Å². The highest BCUT2D eigenvalue weighted by atomic mass is 16.3. The maximum atomic E-state index is 11.1. The molecule has 0 fully saturated rings. The third kappa shape index (κ3) is 11.2. The molecule has 0 aromatic heterocycles. The molecule has 2 N–H and O–H groups in total. The molecule has 16 heavy (non-hydrogen) atoms. The van der Waals surface area contributed by atoms with Crippen LogP contribution in [0, 0.1) is 0 Å². The molecular weight excluding hydrogens is 202 g/mol. The highest BCUT2D eigenvalue weighted by Gasteiger charge is 2.02. The van der Waals surface area contributed by atoms with E-state index in [4.69, 9.17) is 5.11 Å². The van der Waals surface area contributed by atoms with Gasteiger partial charge < -0.3 is 10.4 Å². The van der Waals surface area contributed by atoms with E-state index in [9.17, 15) is 4.79 Å². The van der Waals surface area contributed by atoms with E-state index in [0.29, 0.717) is 6.42 Å². The number of hydrogen-bond donors (Lipinski definition) is 2. The summed E-state index contributed by atoms with van der Waals surface area (Å²) in [5.41, 5.74) is 0. The first-order chi connectivity index (χ1) is 7.66. The number of rotatable bonds is 10. The summed E-state index contributed by atoms with van der Waals surface area (Å²) < 4.78 is 0. The number of carbonyl (C=O) groups is 1. The number of aliphatic hydroxyl groups is 1. The highest BCUT2D eigenvalue weighted by molar-refractivity contribution is 5.75. The van der Waals surface area contributed by atoms with E-state index >= 15 is 0 Å². The summed E-state index contributed by atoms with van der Waals surface area (Å²) in [6, 6.07) is 0. The van der Waals surface area contributed by atoms with Gasteiger partial charge in [0.05, 0.1) is 0 Å². The minimum Gasteiger partial charge on any atom is -0.374 e. The molecule has 0 heterocycles. The molecule has 0 saturated carbocycles. The van der Waals surface area contributed by atoms with Crippen LogP contribution >= 0.6 is 0 Å². The lowest BCUT2D eigenvalue weighted by Crippen LogP contribution is -2.31. The Kier molecular flexibility index (Phi) is 10.1. The molecule has 0 radical (unpaired) electrons. The fourth-order valence-corrected chi connectivity index (χ4v) is 1.59. The van der Waals surface area contributed by atoms with Gasteiger partial charge in [0.2, 0.25) is 5.91 Å². The van der Waals surface area contributed by atoms with Gasteiger partial charge in [0, 0.05) is 6.42 Å². The van der Waals surface area contributed by atoms with Gasteiger partial charge in [-0.1, -0.05) is 31.8 Å². The predicted molar refractivity (Wildman–Crippen MR) is 67.0 cm³/mol. The Morgan fingerprint density at radius 1 is 1.25 bits per heavy atom. The molecule has 0 aliphatic rings. The second-order valence-electron chi connectivity index (χ2n) is 4.19. The van der Waals surface area contributed by atoms with Crippen LogP contribution in [0.1, 0.15) is 58.3 Å². The Bertz CT molecular complexity index is 190. The number of carbonyl (C=O) groups excluding carboxylic acids is 1. The van der Waals surface area contributed by atoms with Gasteiger partial charge in [-0.25, -0.2) is 0 Å². The summed E-state index contributed by atoms with van der Waals surface area (Å²) in [6.45, 7) is 5.24. The SMILES string of the molecule is C=CCCCCCCCCC(=O)NC(C)O. The van der Waals surface area contributed by atoms with Gasteiger partial charge in [-0.15, -0.1) is 6.58 Å². The average molecular weight is 227 g/mol. The average Bonchev–Trinajstić information content (AvgIpc) is 2.21. The maximum absolute atomic E-state index is 11.1. The van der Waals surface area contributed by atoms with Gasteiger partial charge in [0.1, 0.15) is 6.23 Å². The fourth-order valence-electron chi connectivity index (χ4n) is 1.59. The van der Waals surface area contributed by atoms with Gasteiger partial charge >= 0.3 is 0 Å². The molecule has 0 spiro atoms. The van der Waals surface area contributed by atoms with Crippen LogP contribution in [0.2, 0.25) is 0 Å². The standard InChI is InChI=1S/C13H25NO2/c1-3-4-5-6-7-8-9-10-11-13(16)14-12(2)15/h3,12,15H,1,4-11H2,2H3,(H,14,16). The van der Waals surface area contributed by atoms with Crippen LogP contribution in [0.3, 0.4) is 0 Å². The minimum absolute atomic E-state index is 0.0540. The molecule has 0 aromatic rings. The number of nitrogens with one attached hydrogen (secondary N) is 1. The number of amides is 1. The molecular formula is C13H25NO2. The van der Waals surface area contributed by atoms with Crippen molar-refractivity contribution in [2.75, 3.05) is 0 Å². The van der Waals surface area contributed by atoms with Crippen molar-refractivity contribution in [1.29, 1.82) is 0 Å². The van der Waals surface area contributed by atoms with E-state index in [1.165, 1.54) is 25.7 Å². The van der Waals surface area contributed by atoms with E-state index in [0.717, 1.165) is 19.3 Å². The maximum Gasteiger partial charge on any atom is 0.221 e. The van der Waals surface area contributed by atoms with Crippen molar-refractivity contribution in [3.8, 4) is 0 Å². The van der Waals surface area contributed by atoms with Crippen molar-refractivity contribution >= 4 is 5.91 Å². The molecule has 1 atom stereocenters. The van der Waals surface area contributed by atoms with Gasteiger partial charge in [-0.3, -0.25) is 4.79 Å². The Morgan fingerprint density at radius 3 is 2.38 bits per heavy atom. The van der Waals surface area contributed by atoms with E-state index in [-0.39, 0.29) is 5.91 Å². The molecule has 3 nitrogen and oxygen atoms in total. The highest BCUT2D eigenvalue weighted by Crippen LogP contribution is 2.08. The monoisotopic (exact) mass is 227 g/mol. The van der Waals surface area contributed by atoms with Crippen molar-refractivity contribution in [1.82, 2.24) is 5.32 Å². The third-order valence-corrected chi connectivity index (χ3v) is 2.43. The Balaban J connectivity index is 3.14. The van der Waals surface area contributed by atoms with E-state index in [1.54, 1.807) is 6.92 Å². The lowest BCUT2D eigenvalue weighted by Gasteiger charge is -2.06. The molecule has 0 rings (SSSR count). The number of aliphatic hydroxyl groups excluding tert-OH is 1. The molecule has 94 valence electrons. The van der Waals surface area contributed by atoms with Crippen molar-refractivity contribution in [2.45, 2.75) is 64.5 Å². The van der Waals surface area contributed by atoms with Gasteiger partial charge in [0.15, 0.2) is 0 Å². The lowest BCUT2D eigenvalue weighted by molar-refractivity contribution is -0.123. The van der Waals surface area contributed by atoms with Gasteiger partial charge in [-0.2, -0.15) is 0 Å². The minimum atomic E-state index is -0.730. The molecule has 1 unspecified atom stereocenters. The molecule has 0 aliphatic heterocycles. The summed E-state index contributed by atoms with van der Waals surface area (Å²) in [4.78, 5) is 11.1. The molecule has 1 amide bonds. The third-order valence-electron chi connectivity index (χ3n) is 2.43. The van der Waals surface area contributed by atoms with Gasteiger partial charge in [-0.05, 0) is 26.2 Å². The zero-order valence-electron chi connectivity index (χ0n) is 10.4. The van der Waals surface area contributed by atoms with Crippen LogP contribution in [0.4, 0.5) is 0 Å². The smallest absolute Gasteiger partial charge is 0.221 e. The van der Waals surface area contributed by atoms with Crippen molar-refractivity contribution in [3.05, 3.63) is 12.7 Å². The van der Waals surface area contributed by atoms with Crippen LogP contribution in [-0.2, 0) is 4.79 Å². The summed E-state index contributed by atoms with van der Waals surface area (Å²) in [6.07, 6.45) is 9.80. The predicted octanol–water partition coefficient (Wildman–Crippen LogP) is 2.75. The summed E-state index contributed by atoms with van der Waals surface area (Å²) >= 11 is 0. The van der Waals surface area contributed by atoms with E-state index in [2.05, 4.69) is 11.9 Å². The molecule has 0 saturated heterocycles. The Hall–Kier alpha value is -0.830. The van der Waals surface area contributed by atoms with Crippen molar-refractivity contribution in [2.24, 2.45) is 0 Å². The number of hydrogen-bond acceptors (Lipinski definition) is 2. The Morgan fingerprint density at radius 2 is 1.81 bits per heavy atom. The second-order valence-corrected chi connectivity index (χ2v) is 4.19. The lowest BCUT2D eigenvalue weighted by atomic mass is 10.1. The van der Waals surface area contributed by atoms with Crippen LogP contribution < -0.4 is 5.32 Å². The van der Waals surface area contributed by atoms with Gasteiger partial charge in [0.25, 0.3) is 0 Å². The summed E-state index contributed by atoms with van der Waals surface area (Å²) in [5, 5.41) is 11.4.